The van der Waals surface area contributed by atoms with Gasteiger partial charge in [-0.1, -0.05) is 208 Å². The lowest BCUT2D eigenvalue weighted by Crippen LogP contribution is -2.21. The van der Waals surface area contributed by atoms with Crippen molar-refractivity contribution in [3.63, 3.8) is 0 Å². The lowest BCUT2D eigenvalue weighted by Gasteiger charge is -2.32. The van der Waals surface area contributed by atoms with Crippen molar-refractivity contribution in [2.45, 2.75) is 156 Å². The quantitative estimate of drug-likeness (QED) is 0.0781. The molecule has 7 rings (SSSR count). The fraction of sp³-hybridized carbons (Fsp3) is 0.431. The zero-order valence-electron chi connectivity index (χ0n) is 43.6. The number of hydrogen-bond acceptors (Lipinski definition) is 4. The molecular formula is C65H81NO3. The number of Topliss-reactive ketones (excluding diaryl/α,β-unsaturated/α-hetero) is 1. The fourth-order valence-corrected chi connectivity index (χ4v) is 9.85. The number of benzene rings is 4. The number of ether oxygens (including phenoxy) is 2. The van der Waals surface area contributed by atoms with Gasteiger partial charge in [0.2, 0.25) is 0 Å². The van der Waals surface area contributed by atoms with Crippen molar-refractivity contribution in [1.82, 2.24) is 0 Å². The number of allylic oxidation sites excluding steroid dienone is 9. The smallest absolute Gasteiger partial charge is 0.158 e. The van der Waals surface area contributed by atoms with Crippen LogP contribution in [-0.2, 0) is 25.1 Å². The van der Waals surface area contributed by atoms with Crippen molar-refractivity contribution in [3.8, 4) is 22.3 Å². The summed E-state index contributed by atoms with van der Waals surface area (Å²) in [6.07, 6.45) is 29.2. The van der Waals surface area contributed by atoms with Gasteiger partial charge in [-0.15, -0.1) is 0 Å². The molecule has 1 atom stereocenters. The molecule has 0 spiro atoms. The standard InChI is InChI=1S/C65H81NO3/c1-10-61(67)47-68-45-15-13-11-12-14-16-46-69-62-43-41-60(42-44-62)66(59-39-35-55(36-40-59)64(5,6)7)58-37-27-53(28-38-58)49-19-17-48(18-20-49)51-23-31-56(32-24-51)65(8,9)57-33-25-52(26-34-57)50-21-29-54(30-22-50)63(2,3)4/h17-21,23-25,27-29,31-33,35-43,62H,10-16,22,26,30,34,44-47H2,1-9H3. The molecule has 0 fully saturated rings. The highest BCUT2D eigenvalue weighted by atomic mass is 16.5. The average molecular weight is 924 g/mol. The van der Waals surface area contributed by atoms with Gasteiger partial charge in [0.05, 0.1) is 6.10 Å². The van der Waals surface area contributed by atoms with Gasteiger partial charge in [-0.2, -0.15) is 0 Å². The van der Waals surface area contributed by atoms with Crippen LogP contribution in [-0.4, -0.2) is 31.7 Å². The van der Waals surface area contributed by atoms with E-state index in [-0.39, 0.29) is 34.7 Å². The zero-order chi connectivity index (χ0) is 49.0. The third-order valence-corrected chi connectivity index (χ3v) is 14.7. The number of carbonyl (C=O) groups excluding carboxylic acids is 1. The van der Waals surface area contributed by atoms with Crippen LogP contribution in [0.4, 0.5) is 11.4 Å². The Bertz CT molecular complexity index is 2510. The van der Waals surface area contributed by atoms with Crippen LogP contribution >= 0.6 is 0 Å². The van der Waals surface area contributed by atoms with Crippen molar-refractivity contribution in [2.75, 3.05) is 24.7 Å². The molecule has 0 N–H and O–H groups in total. The first-order chi connectivity index (χ1) is 33.1. The summed E-state index contributed by atoms with van der Waals surface area (Å²) in [7, 11) is 0. The van der Waals surface area contributed by atoms with E-state index < -0.39 is 0 Å². The minimum Gasteiger partial charge on any atom is -0.374 e. The average Bonchev–Trinajstić information content (AvgIpc) is 3.36. The minimum absolute atomic E-state index is 0.0279. The Morgan fingerprint density at radius 3 is 1.51 bits per heavy atom. The van der Waals surface area contributed by atoms with Gasteiger partial charge >= 0.3 is 0 Å². The van der Waals surface area contributed by atoms with Gasteiger partial charge in [0.15, 0.2) is 5.78 Å². The van der Waals surface area contributed by atoms with Crippen LogP contribution in [0.1, 0.15) is 150 Å². The Labute approximate surface area is 417 Å². The van der Waals surface area contributed by atoms with Crippen molar-refractivity contribution in [3.05, 3.63) is 179 Å². The van der Waals surface area contributed by atoms with Gasteiger partial charge in [-0.3, -0.25) is 4.79 Å². The van der Waals surface area contributed by atoms with E-state index in [1.807, 2.05) is 6.92 Å². The first kappa shape index (κ1) is 51.6. The van der Waals surface area contributed by atoms with E-state index in [2.05, 4.69) is 200 Å². The van der Waals surface area contributed by atoms with E-state index in [0.29, 0.717) is 13.0 Å². The summed E-state index contributed by atoms with van der Waals surface area (Å²) in [5, 5.41) is 0. The molecule has 0 radical (unpaired) electrons. The predicted octanol–water partition coefficient (Wildman–Crippen LogP) is 17.6. The van der Waals surface area contributed by atoms with Crippen molar-refractivity contribution in [1.29, 1.82) is 0 Å². The summed E-state index contributed by atoms with van der Waals surface area (Å²) in [5.41, 5.74) is 17.4. The van der Waals surface area contributed by atoms with E-state index in [1.165, 1.54) is 75.8 Å². The van der Waals surface area contributed by atoms with Crippen LogP contribution in [0.15, 0.2) is 168 Å². The largest absolute Gasteiger partial charge is 0.374 e. The maximum absolute atomic E-state index is 11.4. The fourth-order valence-electron chi connectivity index (χ4n) is 9.85. The monoisotopic (exact) mass is 924 g/mol. The summed E-state index contributed by atoms with van der Waals surface area (Å²) >= 11 is 0. The van der Waals surface area contributed by atoms with Gasteiger partial charge < -0.3 is 14.4 Å². The predicted molar refractivity (Wildman–Crippen MR) is 293 cm³/mol. The molecule has 1 unspecified atom stereocenters. The summed E-state index contributed by atoms with van der Waals surface area (Å²) < 4.78 is 11.8. The molecule has 4 nitrogen and oxygen atoms in total. The number of anilines is 2. The lowest BCUT2D eigenvalue weighted by atomic mass is 9.72. The SMILES string of the molecule is CCC(=O)COCCCCCCCCOC1C=CC(N(c2ccc(-c3ccc(-c4ccc(C(C)(C)C5=CC=C(C6=CC=C(C(C)(C)C)CC6)CC5)cc4)cc3)cc2)c2ccc(C(C)(C)C)cc2)=CC1. The zero-order valence-corrected chi connectivity index (χ0v) is 43.6. The maximum Gasteiger partial charge on any atom is 0.158 e. The third kappa shape index (κ3) is 14.0. The summed E-state index contributed by atoms with van der Waals surface area (Å²) in [5.74, 6) is 0.180. The number of hydrogen-bond donors (Lipinski definition) is 0. The van der Waals surface area contributed by atoms with E-state index in [9.17, 15) is 4.79 Å². The second-order valence-electron chi connectivity index (χ2n) is 22.2. The highest BCUT2D eigenvalue weighted by molar-refractivity contribution is 5.79. The van der Waals surface area contributed by atoms with Crippen LogP contribution in [0.3, 0.4) is 0 Å². The molecule has 0 saturated carbocycles. The Morgan fingerprint density at radius 2 is 1.03 bits per heavy atom. The summed E-state index contributed by atoms with van der Waals surface area (Å²) in [4.78, 5) is 13.8. The van der Waals surface area contributed by atoms with Crippen LogP contribution in [0.2, 0.25) is 0 Å². The lowest BCUT2D eigenvalue weighted by molar-refractivity contribution is -0.123. The molecule has 4 aromatic carbocycles. The minimum atomic E-state index is -0.0279. The molecule has 69 heavy (non-hydrogen) atoms. The number of carbonyl (C=O) groups is 1. The van der Waals surface area contributed by atoms with Crippen molar-refractivity contribution < 1.29 is 14.3 Å². The molecule has 3 aliphatic rings. The molecule has 0 saturated heterocycles. The number of ketones is 1. The van der Waals surface area contributed by atoms with E-state index >= 15 is 0 Å². The molecule has 3 aliphatic carbocycles. The van der Waals surface area contributed by atoms with Gasteiger partial charge in [0.25, 0.3) is 0 Å². The number of unbranched alkanes of at least 4 members (excludes halogenated alkanes) is 5. The molecule has 0 aliphatic heterocycles. The topological polar surface area (TPSA) is 38.8 Å². The first-order valence-corrected chi connectivity index (χ1v) is 26.2. The van der Waals surface area contributed by atoms with Crippen molar-refractivity contribution >= 4 is 17.2 Å². The third-order valence-electron chi connectivity index (χ3n) is 14.7. The Kier molecular flexibility index (Phi) is 17.6. The normalized spacial score (nSPS) is 16.6. The van der Waals surface area contributed by atoms with E-state index in [4.69, 9.17) is 9.47 Å². The molecule has 364 valence electrons. The summed E-state index contributed by atoms with van der Waals surface area (Å²) in [6, 6.07) is 36.4. The number of nitrogens with zero attached hydrogens (tertiary/aromatic N) is 1. The molecule has 4 aromatic rings. The van der Waals surface area contributed by atoms with Crippen LogP contribution < -0.4 is 4.90 Å². The highest BCUT2D eigenvalue weighted by Gasteiger charge is 2.28. The van der Waals surface area contributed by atoms with Crippen LogP contribution in [0.25, 0.3) is 22.3 Å². The van der Waals surface area contributed by atoms with Gasteiger partial charge in [0, 0.05) is 42.1 Å². The van der Waals surface area contributed by atoms with Crippen molar-refractivity contribution in [2.24, 2.45) is 5.41 Å². The molecule has 0 aromatic heterocycles. The van der Waals surface area contributed by atoms with E-state index in [0.717, 1.165) is 68.6 Å². The number of rotatable bonds is 21. The maximum atomic E-state index is 11.4. The Morgan fingerprint density at radius 1 is 0.551 bits per heavy atom. The second-order valence-corrected chi connectivity index (χ2v) is 22.2. The van der Waals surface area contributed by atoms with Gasteiger partial charge in [0.1, 0.15) is 6.61 Å². The van der Waals surface area contributed by atoms with E-state index in [1.54, 1.807) is 5.57 Å². The Hall–Kier alpha value is -5.29. The van der Waals surface area contributed by atoms with Gasteiger partial charge in [-0.05, 0) is 131 Å². The molecule has 0 bridgehead atoms. The Balaban J connectivity index is 0.953. The van der Waals surface area contributed by atoms with Crippen LogP contribution in [0.5, 0.6) is 0 Å². The van der Waals surface area contributed by atoms with Crippen LogP contribution in [0, 0.1) is 5.41 Å². The highest BCUT2D eigenvalue weighted by Crippen LogP contribution is 2.42. The van der Waals surface area contributed by atoms with Gasteiger partial charge in [-0.25, -0.2) is 0 Å². The second kappa shape index (κ2) is 23.5. The molecule has 4 heteroatoms. The molecular weight excluding hydrogens is 843 g/mol. The summed E-state index contributed by atoms with van der Waals surface area (Å²) in [6.45, 7) is 22.1. The first-order valence-electron chi connectivity index (χ1n) is 26.2. The molecule has 0 heterocycles. The molecule has 0 amide bonds.